The van der Waals surface area contributed by atoms with Crippen molar-refractivity contribution in [3.63, 3.8) is 0 Å². The van der Waals surface area contributed by atoms with Gasteiger partial charge in [-0.2, -0.15) is 11.8 Å². The molecule has 1 heterocycles. The minimum absolute atomic E-state index is 0.110. The molecule has 1 aliphatic carbocycles. The Morgan fingerprint density at radius 1 is 1.00 bits per heavy atom. The maximum atomic E-state index is 12.0. The van der Waals surface area contributed by atoms with Gasteiger partial charge >= 0.3 is 6.03 Å². The van der Waals surface area contributed by atoms with Crippen LogP contribution in [0.2, 0.25) is 0 Å². The van der Waals surface area contributed by atoms with Crippen molar-refractivity contribution in [3.8, 4) is 0 Å². The Kier molecular flexibility index (Phi) is 7.20. The lowest BCUT2D eigenvalue weighted by Crippen LogP contribution is -2.30. The number of benzene rings is 1. The summed E-state index contributed by atoms with van der Waals surface area (Å²) in [4.78, 5) is 23.9. The smallest absolute Gasteiger partial charge is 0.319 e. The summed E-state index contributed by atoms with van der Waals surface area (Å²) in [6.07, 6.45) is 6.66. The molecule has 1 aromatic rings. The van der Waals surface area contributed by atoms with Crippen molar-refractivity contribution in [1.82, 2.24) is 5.32 Å². The van der Waals surface area contributed by atoms with E-state index in [0.29, 0.717) is 24.5 Å². The summed E-state index contributed by atoms with van der Waals surface area (Å²) in [7, 11) is 0. The monoisotopic (exact) mass is 377 g/mol. The van der Waals surface area contributed by atoms with E-state index in [9.17, 15) is 9.59 Å². The van der Waals surface area contributed by atoms with Gasteiger partial charge in [-0.15, -0.1) is 0 Å². The first kappa shape index (κ1) is 19.0. The second-order valence-corrected chi connectivity index (χ2v) is 8.13. The number of anilines is 2. The van der Waals surface area contributed by atoms with E-state index in [4.69, 9.17) is 4.74 Å². The highest BCUT2D eigenvalue weighted by Crippen LogP contribution is 2.28. The Labute approximate surface area is 158 Å². The zero-order valence-corrected chi connectivity index (χ0v) is 15.8. The Morgan fingerprint density at radius 3 is 2.35 bits per heavy atom. The fraction of sp³-hybridized carbons (Fsp3) is 0.579. The van der Waals surface area contributed by atoms with E-state index in [1.165, 1.54) is 25.7 Å². The third-order valence-electron chi connectivity index (χ3n) is 4.68. The molecule has 2 aliphatic rings. The lowest BCUT2D eigenvalue weighted by molar-refractivity contribution is -0.124. The number of hydrogen-bond donors (Lipinski definition) is 3. The van der Waals surface area contributed by atoms with E-state index in [1.54, 1.807) is 24.3 Å². The maximum Gasteiger partial charge on any atom is 0.319 e. The molecule has 26 heavy (non-hydrogen) atoms. The van der Waals surface area contributed by atoms with E-state index in [0.717, 1.165) is 23.8 Å². The predicted molar refractivity (Wildman–Crippen MR) is 106 cm³/mol. The highest BCUT2D eigenvalue weighted by atomic mass is 32.2. The molecule has 1 aliphatic heterocycles. The van der Waals surface area contributed by atoms with Gasteiger partial charge in [-0.1, -0.05) is 12.8 Å². The second kappa shape index (κ2) is 9.83. The first-order valence-electron chi connectivity index (χ1n) is 9.40. The zero-order valence-electron chi connectivity index (χ0n) is 15.0. The summed E-state index contributed by atoms with van der Waals surface area (Å²) < 4.78 is 5.36. The van der Waals surface area contributed by atoms with E-state index in [-0.39, 0.29) is 18.0 Å². The van der Waals surface area contributed by atoms with Gasteiger partial charge in [-0.05, 0) is 49.9 Å². The first-order valence-corrected chi connectivity index (χ1v) is 10.4. The molecule has 3 N–H and O–H groups in total. The first-order chi connectivity index (χ1) is 12.7. The lowest BCUT2D eigenvalue weighted by atomic mass is 10.2. The second-order valence-electron chi connectivity index (χ2n) is 6.73. The van der Waals surface area contributed by atoms with E-state index >= 15 is 0 Å². The van der Waals surface area contributed by atoms with Crippen LogP contribution < -0.4 is 16.0 Å². The van der Waals surface area contributed by atoms with E-state index in [1.807, 2.05) is 11.8 Å². The molecule has 0 bridgehead atoms. The van der Waals surface area contributed by atoms with Gasteiger partial charge in [0.05, 0.1) is 0 Å². The largest absolute Gasteiger partial charge is 0.368 e. The quantitative estimate of drug-likeness (QED) is 0.634. The minimum atomic E-state index is -0.347. The molecule has 3 rings (SSSR count). The third-order valence-corrected chi connectivity index (χ3v) is 6.06. The molecule has 142 valence electrons. The normalized spacial score (nSPS) is 20.1. The summed E-state index contributed by atoms with van der Waals surface area (Å²) >= 11 is 1.96. The average molecular weight is 378 g/mol. The molecule has 1 atom stereocenters. The summed E-state index contributed by atoms with van der Waals surface area (Å²) in [5.41, 5.74) is 1.39. The molecule has 1 saturated heterocycles. The van der Waals surface area contributed by atoms with Crippen LogP contribution in [0, 0.1) is 0 Å². The fourth-order valence-electron chi connectivity index (χ4n) is 3.26. The van der Waals surface area contributed by atoms with E-state index < -0.39 is 0 Å². The summed E-state index contributed by atoms with van der Waals surface area (Å²) in [6, 6.07) is 6.90. The molecule has 2 fully saturated rings. The van der Waals surface area contributed by atoms with Crippen LogP contribution in [0.4, 0.5) is 16.2 Å². The zero-order chi connectivity index (χ0) is 18.2. The number of carbonyl (C=O) groups excluding carboxylic acids is 2. The van der Waals surface area contributed by atoms with Crippen molar-refractivity contribution < 1.29 is 14.3 Å². The van der Waals surface area contributed by atoms with Crippen LogP contribution in [0.5, 0.6) is 0 Å². The number of carbonyl (C=O) groups is 2. The number of thioether (sulfide) groups is 1. The van der Waals surface area contributed by atoms with Crippen molar-refractivity contribution in [3.05, 3.63) is 24.3 Å². The third kappa shape index (κ3) is 5.92. The number of rotatable bonds is 7. The van der Waals surface area contributed by atoms with Crippen molar-refractivity contribution in [2.45, 2.75) is 49.9 Å². The summed E-state index contributed by atoms with van der Waals surface area (Å²) in [5, 5.41) is 9.30. The number of hydrogen-bond acceptors (Lipinski definition) is 4. The molecule has 0 aromatic heterocycles. The molecule has 0 unspecified atom stereocenters. The minimum Gasteiger partial charge on any atom is -0.368 e. The molecule has 6 nitrogen and oxygen atoms in total. The fourth-order valence-corrected chi connectivity index (χ4v) is 4.48. The van der Waals surface area contributed by atoms with Gasteiger partial charge in [0, 0.05) is 35.5 Å². The van der Waals surface area contributed by atoms with Gasteiger partial charge in [-0.3, -0.25) is 4.79 Å². The van der Waals surface area contributed by atoms with Gasteiger partial charge in [0.25, 0.3) is 5.91 Å². The Morgan fingerprint density at radius 2 is 1.69 bits per heavy atom. The number of amides is 3. The molecule has 7 heteroatoms. The SMILES string of the molecule is O=C(NCCSC1CCCC1)Nc1ccc(NC(=O)[C@H]2CCCO2)cc1. The molecule has 1 saturated carbocycles. The maximum absolute atomic E-state index is 12.0. The van der Waals surface area contributed by atoms with Gasteiger partial charge in [0.15, 0.2) is 0 Å². The Bertz CT molecular complexity index is 597. The summed E-state index contributed by atoms with van der Waals surface area (Å²) in [5.74, 6) is 0.840. The van der Waals surface area contributed by atoms with Crippen molar-refractivity contribution in [2.75, 3.05) is 29.5 Å². The molecule has 3 amide bonds. The van der Waals surface area contributed by atoms with Crippen LogP contribution >= 0.6 is 11.8 Å². The van der Waals surface area contributed by atoms with Crippen LogP contribution in [0.25, 0.3) is 0 Å². The van der Waals surface area contributed by atoms with Gasteiger partial charge in [0.1, 0.15) is 6.10 Å². The molecule has 0 spiro atoms. The number of urea groups is 1. The topological polar surface area (TPSA) is 79.5 Å². The Balaban J connectivity index is 1.34. The van der Waals surface area contributed by atoms with Crippen LogP contribution in [0.3, 0.4) is 0 Å². The Hall–Kier alpha value is -1.73. The molecular weight excluding hydrogens is 350 g/mol. The van der Waals surface area contributed by atoms with Crippen LogP contribution in [0.1, 0.15) is 38.5 Å². The van der Waals surface area contributed by atoms with Crippen LogP contribution in [-0.4, -0.2) is 42.2 Å². The number of nitrogens with one attached hydrogen (secondary N) is 3. The van der Waals surface area contributed by atoms with Gasteiger partial charge in [0.2, 0.25) is 0 Å². The predicted octanol–water partition coefficient (Wildman–Crippen LogP) is 3.60. The molecular formula is C19H27N3O3S. The highest BCUT2D eigenvalue weighted by Gasteiger charge is 2.23. The molecule has 1 aromatic carbocycles. The standard InChI is InChI=1S/C19H27N3O3S/c23-18(17-6-3-12-25-17)21-14-7-9-15(10-8-14)22-19(24)20-11-13-26-16-4-1-2-5-16/h7-10,16-17H,1-6,11-13H2,(H,21,23)(H2,20,22,24)/t17-/m1/s1. The lowest BCUT2D eigenvalue weighted by Gasteiger charge is -2.12. The van der Waals surface area contributed by atoms with Gasteiger partial charge < -0.3 is 20.7 Å². The summed E-state index contributed by atoms with van der Waals surface area (Å²) in [6.45, 7) is 1.32. The van der Waals surface area contributed by atoms with Crippen molar-refractivity contribution in [2.24, 2.45) is 0 Å². The van der Waals surface area contributed by atoms with E-state index in [2.05, 4.69) is 16.0 Å². The van der Waals surface area contributed by atoms with Gasteiger partial charge in [-0.25, -0.2) is 4.79 Å². The highest BCUT2D eigenvalue weighted by molar-refractivity contribution is 7.99. The van der Waals surface area contributed by atoms with Crippen LogP contribution in [-0.2, 0) is 9.53 Å². The number of ether oxygens (including phenoxy) is 1. The average Bonchev–Trinajstić information content (AvgIpc) is 3.34. The molecule has 0 radical (unpaired) electrons. The van der Waals surface area contributed by atoms with Crippen molar-refractivity contribution >= 4 is 35.1 Å². The van der Waals surface area contributed by atoms with Crippen LogP contribution in [0.15, 0.2) is 24.3 Å². The van der Waals surface area contributed by atoms with Crippen molar-refractivity contribution in [1.29, 1.82) is 0 Å².